The van der Waals surface area contributed by atoms with E-state index < -0.39 is 0 Å². The maximum atomic E-state index is 3.48. The molecule has 1 aromatic carbocycles. The molecule has 0 bridgehead atoms. The van der Waals surface area contributed by atoms with Crippen molar-refractivity contribution in [1.82, 2.24) is 10.2 Å². The minimum absolute atomic E-state index is 0.749. The minimum Gasteiger partial charge on any atom is -0.317 e. The van der Waals surface area contributed by atoms with Gasteiger partial charge in [0.05, 0.1) is 0 Å². The SMILES string of the molecule is CNC1CCCC1CN1Cc2ccccc2C1. The van der Waals surface area contributed by atoms with Crippen molar-refractivity contribution in [2.24, 2.45) is 5.92 Å². The molecule has 0 spiro atoms. The average Bonchev–Trinajstić information content (AvgIpc) is 2.94. The molecule has 17 heavy (non-hydrogen) atoms. The van der Waals surface area contributed by atoms with E-state index in [1.165, 1.54) is 36.9 Å². The van der Waals surface area contributed by atoms with Crippen LogP contribution in [0.3, 0.4) is 0 Å². The van der Waals surface area contributed by atoms with Crippen LogP contribution >= 0.6 is 0 Å². The number of rotatable bonds is 3. The third kappa shape index (κ3) is 2.24. The number of hydrogen-bond acceptors (Lipinski definition) is 2. The fourth-order valence-electron chi connectivity index (χ4n) is 3.50. The number of nitrogens with one attached hydrogen (secondary N) is 1. The fourth-order valence-corrected chi connectivity index (χ4v) is 3.50. The first-order valence-corrected chi connectivity index (χ1v) is 6.83. The zero-order valence-corrected chi connectivity index (χ0v) is 10.7. The summed E-state index contributed by atoms with van der Waals surface area (Å²) in [5, 5.41) is 3.48. The van der Waals surface area contributed by atoms with Crippen LogP contribution in [-0.2, 0) is 13.1 Å². The van der Waals surface area contributed by atoms with Gasteiger partial charge >= 0.3 is 0 Å². The molecular weight excluding hydrogens is 208 g/mol. The van der Waals surface area contributed by atoms with Crippen LogP contribution < -0.4 is 5.32 Å². The largest absolute Gasteiger partial charge is 0.317 e. The summed E-state index contributed by atoms with van der Waals surface area (Å²) in [5.74, 6) is 0.856. The molecule has 0 aromatic heterocycles. The van der Waals surface area contributed by atoms with Crippen LogP contribution in [0.2, 0.25) is 0 Å². The summed E-state index contributed by atoms with van der Waals surface area (Å²) in [6.45, 7) is 3.58. The molecule has 2 atom stereocenters. The van der Waals surface area contributed by atoms with Crippen LogP contribution in [0.4, 0.5) is 0 Å². The molecule has 1 N–H and O–H groups in total. The number of fused-ring (bicyclic) bond motifs is 1. The molecule has 92 valence electrons. The summed E-state index contributed by atoms with van der Waals surface area (Å²) in [6.07, 6.45) is 4.16. The molecule has 1 aliphatic carbocycles. The summed E-state index contributed by atoms with van der Waals surface area (Å²) in [4.78, 5) is 2.62. The van der Waals surface area contributed by atoms with Gasteiger partial charge in [0.2, 0.25) is 0 Å². The first kappa shape index (κ1) is 11.2. The lowest BCUT2D eigenvalue weighted by atomic mass is 10.0. The molecule has 1 aromatic rings. The Morgan fingerprint density at radius 1 is 1.18 bits per heavy atom. The van der Waals surface area contributed by atoms with E-state index in [0.29, 0.717) is 0 Å². The summed E-state index contributed by atoms with van der Waals surface area (Å²) in [6, 6.07) is 9.63. The van der Waals surface area contributed by atoms with Crippen molar-refractivity contribution in [3.05, 3.63) is 35.4 Å². The van der Waals surface area contributed by atoms with Crippen molar-refractivity contribution in [2.75, 3.05) is 13.6 Å². The van der Waals surface area contributed by atoms with Crippen LogP contribution in [0.1, 0.15) is 30.4 Å². The van der Waals surface area contributed by atoms with Gasteiger partial charge in [-0.2, -0.15) is 0 Å². The molecule has 1 saturated carbocycles. The molecule has 3 rings (SSSR count). The Kier molecular flexibility index (Phi) is 3.17. The first-order chi connectivity index (χ1) is 8.36. The molecule has 2 nitrogen and oxygen atoms in total. The monoisotopic (exact) mass is 230 g/mol. The molecule has 0 radical (unpaired) electrons. The van der Waals surface area contributed by atoms with E-state index in [-0.39, 0.29) is 0 Å². The van der Waals surface area contributed by atoms with Gasteiger partial charge in [0.15, 0.2) is 0 Å². The third-order valence-corrected chi connectivity index (χ3v) is 4.43. The van der Waals surface area contributed by atoms with E-state index in [1.807, 2.05) is 0 Å². The zero-order chi connectivity index (χ0) is 11.7. The van der Waals surface area contributed by atoms with Gasteiger partial charge in [0.1, 0.15) is 0 Å². The molecule has 1 aliphatic heterocycles. The highest BCUT2D eigenvalue weighted by Crippen LogP contribution is 2.29. The lowest BCUT2D eigenvalue weighted by Gasteiger charge is -2.24. The first-order valence-electron chi connectivity index (χ1n) is 6.83. The van der Waals surface area contributed by atoms with Crippen molar-refractivity contribution in [1.29, 1.82) is 0 Å². The van der Waals surface area contributed by atoms with Crippen molar-refractivity contribution in [3.63, 3.8) is 0 Å². The molecule has 1 fully saturated rings. The molecule has 2 unspecified atom stereocenters. The highest BCUT2D eigenvalue weighted by atomic mass is 15.1. The maximum absolute atomic E-state index is 3.48. The van der Waals surface area contributed by atoms with E-state index in [9.17, 15) is 0 Å². The molecular formula is C15H22N2. The predicted octanol–water partition coefficient (Wildman–Crippen LogP) is 2.39. The molecule has 2 heteroatoms. The highest BCUT2D eigenvalue weighted by Gasteiger charge is 2.29. The summed E-state index contributed by atoms with van der Waals surface area (Å²) < 4.78 is 0. The smallest absolute Gasteiger partial charge is 0.0240 e. The van der Waals surface area contributed by atoms with E-state index >= 15 is 0 Å². The van der Waals surface area contributed by atoms with Crippen LogP contribution in [0, 0.1) is 5.92 Å². The Hall–Kier alpha value is -0.860. The quantitative estimate of drug-likeness (QED) is 0.857. The van der Waals surface area contributed by atoms with Gasteiger partial charge in [-0.15, -0.1) is 0 Å². The van der Waals surface area contributed by atoms with Gasteiger partial charge in [-0.05, 0) is 36.9 Å². The van der Waals surface area contributed by atoms with Gasteiger partial charge in [0, 0.05) is 25.7 Å². The van der Waals surface area contributed by atoms with Crippen LogP contribution in [0.15, 0.2) is 24.3 Å². The van der Waals surface area contributed by atoms with E-state index in [1.54, 1.807) is 0 Å². The normalized spacial score (nSPS) is 28.5. The van der Waals surface area contributed by atoms with Crippen molar-refractivity contribution in [3.8, 4) is 0 Å². The highest BCUT2D eigenvalue weighted by molar-refractivity contribution is 5.30. The Balaban J connectivity index is 1.62. The van der Waals surface area contributed by atoms with Crippen molar-refractivity contribution < 1.29 is 0 Å². The van der Waals surface area contributed by atoms with Crippen LogP contribution in [-0.4, -0.2) is 24.5 Å². The second-order valence-corrected chi connectivity index (χ2v) is 5.52. The standard InChI is InChI=1S/C15H22N2/c1-16-15-8-4-7-14(15)11-17-9-12-5-2-3-6-13(12)10-17/h2-3,5-6,14-16H,4,7-11H2,1H3. The number of benzene rings is 1. The summed E-state index contributed by atoms with van der Waals surface area (Å²) in [7, 11) is 2.11. The second kappa shape index (κ2) is 4.79. The van der Waals surface area contributed by atoms with E-state index in [0.717, 1.165) is 25.0 Å². The average molecular weight is 230 g/mol. The number of hydrogen-bond donors (Lipinski definition) is 1. The van der Waals surface area contributed by atoms with Crippen molar-refractivity contribution >= 4 is 0 Å². The molecule has 0 amide bonds. The lowest BCUT2D eigenvalue weighted by molar-refractivity contribution is 0.220. The Morgan fingerprint density at radius 3 is 2.53 bits per heavy atom. The van der Waals surface area contributed by atoms with E-state index in [2.05, 4.69) is 41.5 Å². The van der Waals surface area contributed by atoms with Gasteiger partial charge in [-0.1, -0.05) is 30.7 Å². The Bertz CT molecular complexity index is 363. The maximum Gasteiger partial charge on any atom is 0.0240 e. The summed E-state index contributed by atoms with van der Waals surface area (Å²) >= 11 is 0. The van der Waals surface area contributed by atoms with Crippen molar-refractivity contribution in [2.45, 2.75) is 38.4 Å². The summed E-state index contributed by atoms with van der Waals surface area (Å²) in [5.41, 5.74) is 3.07. The number of nitrogens with zero attached hydrogens (tertiary/aromatic N) is 1. The topological polar surface area (TPSA) is 15.3 Å². The van der Waals surface area contributed by atoms with Crippen LogP contribution in [0.5, 0.6) is 0 Å². The Labute approximate surface area is 104 Å². The van der Waals surface area contributed by atoms with E-state index in [4.69, 9.17) is 0 Å². The predicted molar refractivity (Wildman–Crippen MR) is 70.7 cm³/mol. The molecule has 2 aliphatic rings. The van der Waals surface area contributed by atoms with Gasteiger partial charge in [0.25, 0.3) is 0 Å². The second-order valence-electron chi connectivity index (χ2n) is 5.52. The fraction of sp³-hybridized carbons (Fsp3) is 0.600. The van der Waals surface area contributed by atoms with Gasteiger partial charge in [-0.25, -0.2) is 0 Å². The van der Waals surface area contributed by atoms with Gasteiger partial charge in [-0.3, -0.25) is 4.90 Å². The zero-order valence-electron chi connectivity index (χ0n) is 10.7. The van der Waals surface area contributed by atoms with Crippen LogP contribution in [0.25, 0.3) is 0 Å². The Morgan fingerprint density at radius 2 is 1.88 bits per heavy atom. The van der Waals surface area contributed by atoms with Gasteiger partial charge < -0.3 is 5.32 Å². The minimum atomic E-state index is 0.749. The molecule has 0 saturated heterocycles. The lowest BCUT2D eigenvalue weighted by Crippen LogP contribution is -2.36. The molecule has 1 heterocycles. The third-order valence-electron chi connectivity index (χ3n) is 4.43.